The summed E-state index contributed by atoms with van der Waals surface area (Å²) in [5.41, 5.74) is 11.2. The molecule has 350 valence electrons. The molecule has 8 aromatic rings. The van der Waals surface area contributed by atoms with Gasteiger partial charge >= 0.3 is 6.85 Å². The Morgan fingerprint density at radius 3 is 2.27 bits per heavy atom. The first-order valence-electron chi connectivity index (χ1n) is 26.4. The number of aromatic nitrogens is 2. The van der Waals surface area contributed by atoms with E-state index in [2.05, 4.69) is 153 Å². The van der Waals surface area contributed by atoms with Crippen molar-refractivity contribution in [2.24, 2.45) is 0 Å². The minimum Gasteiger partial charge on any atom is -0.509 e. The number of nitrogens with zero attached hydrogens (tertiary/aromatic N) is 5. The molecule has 0 atom stereocenters. The standard InChI is InChI=1S/C62H55BN5O.Pt/c1-60(2,3)44-30-34-64-57(37-44)68-53-23-12-11-22-48(53)49-28-27-47(39-56(49)68)69-46-21-17-20-45(38-46)66-41-67(55-25-14-13-24-54(55)66)59-50(43-26-29-51-52(36-43)62(6,7)32-31-61(51,4)5)40-65-35-16-15-33-63(65)58(59)42-18-9-8-10-19-42;/h8-30,33-37,40-41H,31-32H2,1-7H3;/q-3;/i8D,9D,10D,18D,19D;. The molecular formula is C62H55BN5OPt-3. The summed E-state index contributed by atoms with van der Waals surface area (Å²) in [5, 5.41) is 2.13. The van der Waals surface area contributed by atoms with Gasteiger partial charge in [-0.2, -0.15) is 12.1 Å². The number of pyridine rings is 1. The number of ether oxygens (including phenoxy) is 1. The van der Waals surface area contributed by atoms with E-state index in [-0.39, 0.29) is 67.0 Å². The van der Waals surface area contributed by atoms with Gasteiger partial charge in [-0.3, -0.25) is 0 Å². The first-order chi connectivity index (χ1) is 35.4. The molecule has 0 saturated heterocycles. The van der Waals surface area contributed by atoms with Gasteiger partial charge in [0.15, 0.2) is 0 Å². The number of benzene rings is 6. The minimum absolute atomic E-state index is 0. The van der Waals surface area contributed by atoms with Crippen molar-refractivity contribution in [2.45, 2.75) is 77.6 Å². The molecule has 3 aliphatic heterocycles. The molecule has 0 N–H and O–H groups in total. The second-order valence-corrected chi connectivity index (χ2v) is 20.9. The minimum atomic E-state index is -0.501. The van der Waals surface area contributed by atoms with Crippen LogP contribution in [0.2, 0.25) is 0 Å². The molecule has 0 fully saturated rings. The third-order valence-electron chi connectivity index (χ3n) is 14.5. The molecule has 0 spiro atoms. The van der Waals surface area contributed by atoms with Crippen LogP contribution < -0.4 is 14.5 Å². The van der Waals surface area contributed by atoms with Crippen molar-refractivity contribution in [3.05, 3.63) is 228 Å². The molecule has 8 heteroatoms. The third kappa shape index (κ3) is 7.74. The Hall–Kier alpha value is -6.82. The summed E-state index contributed by atoms with van der Waals surface area (Å²) in [7, 11) is 0. The number of anilines is 3. The number of rotatable bonds is 7. The van der Waals surface area contributed by atoms with Crippen LogP contribution in [0.3, 0.4) is 0 Å². The van der Waals surface area contributed by atoms with Crippen LogP contribution in [0.1, 0.15) is 96.0 Å². The number of hydrogen-bond donors (Lipinski definition) is 0. The molecule has 0 saturated carbocycles. The van der Waals surface area contributed by atoms with Gasteiger partial charge in [0.2, 0.25) is 0 Å². The molecule has 2 aromatic heterocycles. The van der Waals surface area contributed by atoms with Crippen LogP contribution in [0, 0.1) is 18.8 Å². The van der Waals surface area contributed by atoms with E-state index in [1.54, 1.807) is 0 Å². The fourth-order valence-electron chi connectivity index (χ4n) is 10.7. The Labute approximate surface area is 434 Å². The normalized spacial score (nSPS) is 17.8. The fourth-order valence-corrected chi connectivity index (χ4v) is 10.7. The molecule has 1 aliphatic carbocycles. The molecule has 0 unspecified atom stereocenters. The van der Waals surface area contributed by atoms with E-state index < -0.39 is 12.9 Å². The molecule has 6 nitrogen and oxygen atoms in total. The molecular weight excluding hydrogens is 1040 g/mol. The van der Waals surface area contributed by atoms with Crippen molar-refractivity contribution >= 4 is 56.8 Å². The Balaban J connectivity index is 0.00000602. The largest absolute Gasteiger partial charge is 0.509 e. The van der Waals surface area contributed by atoms with E-state index >= 15 is 0 Å². The zero-order valence-electron chi connectivity index (χ0n) is 45.4. The predicted molar refractivity (Wildman–Crippen MR) is 286 cm³/mol. The van der Waals surface area contributed by atoms with Crippen LogP contribution in [-0.4, -0.2) is 21.2 Å². The monoisotopic (exact) mass is 1100 g/mol. The second kappa shape index (κ2) is 17.2. The number of fused-ring (bicyclic) bond motifs is 6. The smallest absolute Gasteiger partial charge is 0.322 e. The van der Waals surface area contributed by atoms with Crippen LogP contribution in [0.4, 0.5) is 17.1 Å². The Morgan fingerprint density at radius 1 is 0.729 bits per heavy atom. The van der Waals surface area contributed by atoms with Crippen molar-refractivity contribution in [1.82, 2.24) is 14.4 Å². The van der Waals surface area contributed by atoms with Gasteiger partial charge in [0, 0.05) is 73.1 Å². The average molecular weight is 1100 g/mol. The first kappa shape index (κ1) is 40.0. The quantitative estimate of drug-likeness (QED) is 0.117. The summed E-state index contributed by atoms with van der Waals surface area (Å²) in [6, 6.07) is 42.8. The molecule has 0 radical (unpaired) electrons. The molecule has 5 heterocycles. The topological polar surface area (TPSA) is 36.8 Å². The molecule has 12 rings (SSSR count). The van der Waals surface area contributed by atoms with Gasteiger partial charge in [-0.15, -0.1) is 48.1 Å². The van der Waals surface area contributed by atoms with Crippen LogP contribution in [0.15, 0.2) is 182 Å². The number of allylic oxidation sites excluding steroid dienone is 3. The van der Waals surface area contributed by atoms with Gasteiger partial charge in [0.1, 0.15) is 5.82 Å². The second-order valence-electron chi connectivity index (χ2n) is 20.9. The van der Waals surface area contributed by atoms with Gasteiger partial charge in [-0.25, -0.2) is 4.98 Å². The van der Waals surface area contributed by atoms with E-state index in [4.69, 9.17) is 13.8 Å². The van der Waals surface area contributed by atoms with Crippen molar-refractivity contribution in [3.63, 3.8) is 0 Å². The summed E-state index contributed by atoms with van der Waals surface area (Å²) in [5.74, 6) is 3.85. The maximum Gasteiger partial charge on any atom is 0.322 e. The molecule has 0 amide bonds. The third-order valence-corrected chi connectivity index (χ3v) is 14.5. The van der Waals surface area contributed by atoms with Gasteiger partial charge in [-0.1, -0.05) is 145 Å². The van der Waals surface area contributed by atoms with E-state index in [1.165, 1.54) is 16.7 Å². The predicted octanol–water partition coefficient (Wildman–Crippen LogP) is 15.2. The Morgan fingerprint density at radius 2 is 1.47 bits per heavy atom. The average Bonchev–Trinajstić information content (AvgIpc) is 3.96. The van der Waals surface area contributed by atoms with E-state index in [9.17, 15) is 2.74 Å². The van der Waals surface area contributed by atoms with Crippen molar-refractivity contribution < 1.29 is 32.7 Å². The van der Waals surface area contributed by atoms with E-state index in [0.717, 1.165) is 63.0 Å². The molecule has 70 heavy (non-hydrogen) atoms. The van der Waals surface area contributed by atoms with E-state index in [1.807, 2.05) is 79.7 Å². The zero-order valence-corrected chi connectivity index (χ0v) is 42.7. The Kier molecular flexibility index (Phi) is 9.85. The maximum absolute atomic E-state index is 9.47. The summed E-state index contributed by atoms with van der Waals surface area (Å²) >= 11 is 0. The summed E-state index contributed by atoms with van der Waals surface area (Å²) in [4.78, 5) is 11.1. The van der Waals surface area contributed by atoms with Crippen LogP contribution in [-0.2, 0) is 37.3 Å². The summed E-state index contributed by atoms with van der Waals surface area (Å²) in [6.45, 7) is 17.4. The molecule has 6 aromatic carbocycles. The number of hydrogen-bond acceptors (Lipinski definition) is 5. The van der Waals surface area contributed by atoms with Crippen LogP contribution in [0.25, 0.3) is 38.7 Å². The van der Waals surface area contributed by atoms with Crippen molar-refractivity contribution in [1.29, 1.82) is 0 Å². The van der Waals surface area contributed by atoms with E-state index in [0.29, 0.717) is 28.4 Å². The van der Waals surface area contributed by atoms with Crippen LogP contribution in [0.5, 0.6) is 11.5 Å². The summed E-state index contributed by atoms with van der Waals surface area (Å²) in [6.07, 6.45) is 12.1. The fraction of sp³-hybridized carbons (Fsp3) is 0.194. The number of para-hydroxylation sites is 3. The SMILES string of the molecule is [2H]c1c([2H])c([2H])c(C2=C(N3[CH-]N(c4[c-]c(Oc5[c-]c6c(cc5)c5ccccc5n6-c5cc(C(C)(C)C)ccn5)ccc4)c4ccccc43)C(c3ccc4c(c3)C(C)(C)CCC4(C)C)=CN3C=CC=CB23)c([2H])c1[2H].[Pt]. The molecule has 0 bridgehead atoms. The van der Waals surface area contributed by atoms with Gasteiger partial charge in [0.25, 0.3) is 0 Å². The first-order valence-corrected chi connectivity index (χ1v) is 23.9. The zero-order chi connectivity index (χ0) is 51.6. The van der Waals surface area contributed by atoms with Gasteiger partial charge in [0.05, 0.1) is 6.85 Å². The maximum atomic E-state index is 9.47. The van der Waals surface area contributed by atoms with Gasteiger partial charge < -0.3 is 23.9 Å². The molecule has 4 aliphatic rings. The van der Waals surface area contributed by atoms with Crippen molar-refractivity contribution in [2.75, 3.05) is 9.80 Å². The Bertz CT molecular complexity index is 3770. The van der Waals surface area contributed by atoms with Crippen molar-refractivity contribution in [3.8, 4) is 17.3 Å². The van der Waals surface area contributed by atoms with Crippen LogP contribution >= 0.6 is 0 Å². The summed E-state index contributed by atoms with van der Waals surface area (Å²) < 4.78 is 54.3. The van der Waals surface area contributed by atoms with Gasteiger partial charge in [-0.05, 0) is 110 Å².